The molecule has 0 fully saturated rings. The third-order valence-electron chi connectivity index (χ3n) is 5.47. The molecule has 1 aromatic heterocycles. The van der Waals surface area contributed by atoms with Crippen LogP contribution in [0.5, 0.6) is 0 Å². The zero-order chi connectivity index (χ0) is 20.4. The Morgan fingerprint density at radius 2 is 1.10 bits per heavy atom. The lowest BCUT2D eigenvalue weighted by Gasteiger charge is -2.28. The Hall–Kier alpha value is -2.93. The minimum Gasteiger partial charge on any atom is -0.313 e. The lowest BCUT2D eigenvalue weighted by atomic mass is 10.1. The molecular weight excluding hydrogens is 403 g/mol. The minimum absolute atomic E-state index is 0.235. The lowest BCUT2D eigenvalue weighted by molar-refractivity contribution is 0.583. The fraction of sp³-hybridized carbons (Fsp3) is 0.0370. The summed E-state index contributed by atoms with van der Waals surface area (Å²) >= 11 is 1.74. The van der Waals surface area contributed by atoms with Crippen molar-refractivity contribution >= 4 is 39.2 Å². The molecule has 1 unspecified atom stereocenters. The van der Waals surface area contributed by atoms with E-state index in [1.807, 2.05) is 78.9 Å². The second-order valence-electron chi connectivity index (χ2n) is 7.33. The van der Waals surface area contributed by atoms with Gasteiger partial charge in [-0.2, -0.15) is 0 Å². The van der Waals surface area contributed by atoms with E-state index in [4.69, 9.17) is 0 Å². The van der Waals surface area contributed by atoms with Gasteiger partial charge in [-0.05, 0) is 23.1 Å². The van der Waals surface area contributed by atoms with Crippen molar-refractivity contribution in [1.82, 2.24) is 0 Å². The smallest absolute Gasteiger partial charge is 0.155 e. The third kappa shape index (κ3) is 3.33. The van der Waals surface area contributed by atoms with Crippen LogP contribution in [0.4, 0.5) is 0 Å². The maximum Gasteiger partial charge on any atom is 0.155 e. The maximum atomic E-state index is 15.2. The third-order valence-corrected chi connectivity index (χ3v) is 10.3. The summed E-state index contributed by atoms with van der Waals surface area (Å²) in [7, 11) is -3.02. The summed E-state index contributed by atoms with van der Waals surface area (Å²) < 4.78 is 16.4. The Morgan fingerprint density at radius 3 is 1.67 bits per heavy atom. The summed E-state index contributed by atoms with van der Waals surface area (Å²) in [4.78, 5) is 1.14. The highest BCUT2D eigenvalue weighted by atomic mass is 32.1. The number of thiophene rings is 1. The van der Waals surface area contributed by atoms with Crippen LogP contribution in [0.2, 0.25) is 0 Å². The molecule has 1 heterocycles. The van der Waals surface area contributed by atoms with E-state index in [1.165, 1.54) is 10.1 Å². The van der Waals surface area contributed by atoms with Gasteiger partial charge in [-0.3, -0.25) is 0 Å². The molecule has 3 heteroatoms. The first-order valence-corrected chi connectivity index (χ1v) is 12.6. The largest absolute Gasteiger partial charge is 0.313 e. The monoisotopic (exact) mass is 424 g/mol. The summed E-state index contributed by atoms with van der Waals surface area (Å²) in [6.45, 7) is 0. The molecule has 0 saturated carbocycles. The van der Waals surface area contributed by atoms with Crippen LogP contribution in [0.15, 0.2) is 121 Å². The zero-order valence-corrected chi connectivity index (χ0v) is 18.1. The number of benzene rings is 4. The Kier molecular flexibility index (Phi) is 5.12. The number of rotatable bonds is 5. The first-order chi connectivity index (χ1) is 14.8. The second kappa shape index (κ2) is 8.07. The molecule has 30 heavy (non-hydrogen) atoms. The first kappa shape index (κ1) is 19.1. The van der Waals surface area contributed by atoms with Crippen molar-refractivity contribution in [3.05, 3.63) is 132 Å². The molecule has 0 aliphatic rings. The Morgan fingerprint density at radius 1 is 0.600 bits per heavy atom. The van der Waals surface area contributed by atoms with Crippen molar-refractivity contribution in [2.75, 3.05) is 0 Å². The fourth-order valence-corrected chi connectivity index (χ4v) is 8.90. The molecule has 1 atom stereocenters. The predicted molar refractivity (Wildman–Crippen MR) is 130 cm³/mol. The quantitative estimate of drug-likeness (QED) is 0.278. The van der Waals surface area contributed by atoms with Gasteiger partial charge in [0.05, 0.1) is 5.66 Å². The highest BCUT2D eigenvalue weighted by molar-refractivity contribution is 7.79. The molecule has 5 aromatic rings. The molecule has 0 amide bonds. The average Bonchev–Trinajstić information content (AvgIpc) is 3.24. The molecule has 0 aliphatic heterocycles. The number of hydrogen-bond donors (Lipinski definition) is 0. The van der Waals surface area contributed by atoms with Crippen LogP contribution in [-0.4, -0.2) is 0 Å². The van der Waals surface area contributed by atoms with E-state index in [1.54, 1.807) is 11.3 Å². The molecular formula is C27H21OPS. The predicted octanol–water partition coefficient (Wildman–Crippen LogP) is 7.00. The van der Waals surface area contributed by atoms with Crippen molar-refractivity contribution < 1.29 is 4.57 Å². The summed E-state index contributed by atoms with van der Waals surface area (Å²) in [6, 6.07) is 40.9. The Bertz CT molecular complexity index is 1230. The van der Waals surface area contributed by atoms with Gasteiger partial charge in [0.25, 0.3) is 0 Å². The van der Waals surface area contributed by atoms with Crippen LogP contribution in [0.25, 0.3) is 10.1 Å². The Labute approximate surface area is 181 Å². The molecule has 0 radical (unpaired) electrons. The van der Waals surface area contributed by atoms with Crippen LogP contribution < -0.4 is 10.6 Å². The minimum atomic E-state index is -3.02. The van der Waals surface area contributed by atoms with E-state index >= 15 is 4.57 Å². The van der Waals surface area contributed by atoms with Crippen molar-refractivity contribution in [3.63, 3.8) is 0 Å². The molecule has 1 nitrogen and oxygen atoms in total. The second-order valence-corrected chi connectivity index (χ2v) is 11.3. The molecule has 5 rings (SSSR count). The van der Waals surface area contributed by atoms with E-state index < -0.39 is 7.14 Å². The zero-order valence-electron chi connectivity index (χ0n) is 16.4. The van der Waals surface area contributed by atoms with Gasteiger partial charge in [0, 0.05) is 20.2 Å². The van der Waals surface area contributed by atoms with E-state index in [2.05, 4.69) is 42.5 Å². The van der Waals surface area contributed by atoms with E-state index in [9.17, 15) is 0 Å². The Balaban J connectivity index is 1.83. The number of fused-ring (bicyclic) bond motifs is 1. The SMILES string of the molecule is O=P(c1ccccc1)(c1ccccc1)C(c1ccccc1)c1cc2ccccc2s1. The van der Waals surface area contributed by atoms with Crippen LogP contribution >= 0.6 is 18.5 Å². The molecule has 146 valence electrons. The molecule has 0 N–H and O–H groups in total. The van der Waals surface area contributed by atoms with Crippen molar-refractivity contribution in [2.24, 2.45) is 0 Å². The standard InChI is InChI=1S/C27H21OPS/c28-29(23-15-6-2-7-16-23,24-17-8-3-9-18-24)27(21-12-4-1-5-13-21)26-20-22-14-10-11-19-25(22)30-26/h1-20,27H. The topological polar surface area (TPSA) is 17.1 Å². The molecule has 0 bridgehead atoms. The van der Waals surface area contributed by atoms with Crippen LogP contribution in [0.3, 0.4) is 0 Å². The van der Waals surface area contributed by atoms with Gasteiger partial charge in [0.2, 0.25) is 0 Å². The van der Waals surface area contributed by atoms with Crippen molar-refractivity contribution in [3.8, 4) is 0 Å². The van der Waals surface area contributed by atoms with Gasteiger partial charge in [0.15, 0.2) is 7.14 Å². The summed E-state index contributed by atoms with van der Waals surface area (Å²) in [5.74, 6) is 0. The normalized spacial score (nSPS) is 12.7. The van der Waals surface area contributed by atoms with Crippen LogP contribution in [0, 0.1) is 0 Å². The van der Waals surface area contributed by atoms with Crippen molar-refractivity contribution in [2.45, 2.75) is 5.66 Å². The molecule has 4 aromatic carbocycles. The maximum absolute atomic E-state index is 15.2. The summed E-state index contributed by atoms with van der Waals surface area (Å²) in [5.41, 5.74) is 0.848. The van der Waals surface area contributed by atoms with Gasteiger partial charge in [-0.15, -0.1) is 11.3 Å². The summed E-state index contributed by atoms with van der Waals surface area (Å²) in [5, 5.41) is 2.98. The van der Waals surface area contributed by atoms with Gasteiger partial charge >= 0.3 is 0 Å². The molecule has 0 saturated heterocycles. The number of hydrogen-bond acceptors (Lipinski definition) is 2. The van der Waals surface area contributed by atoms with Gasteiger partial charge in [-0.25, -0.2) is 0 Å². The summed E-state index contributed by atoms with van der Waals surface area (Å²) in [6.07, 6.45) is 0. The van der Waals surface area contributed by atoms with E-state index in [0.717, 1.165) is 21.0 Å². The van der Waals surface area contributed by atoms with Gasteiger partial charge in [0.1, 0.15) is 0 Å². The highest BCUT2D eigenvalue weighted by Crippen LogP contribution is 2.61. The van der Waals surface area contributed by atoms with Crippen LogP contribution in [-0.2, 0) is 4.57 Å². The average molecular weight is 425 g/mol. The lowest BCUT2D eigenvalue weighted by Crippen LogP contribution is -2.21. The molecule has 0 aliphatic carbocycles. The van der Waals surface area contributed by atoms with Gasteiger partial charge in [-0.1, -0.05) is 109 Å². The van der Waals surface area contributed by atoms with E-state index in [-0.39, 0.29) is 5.66 Å². The van der Waals surface area contributed by atoms with Crippen LogP contribution in [0.1, 0.15) is 16.1 Å². The molecule has 0 spiro atoms. The van der Waals surface area contributed by atoms with Crippen molar-refractivity contribution in [1.29, 1.82) is 0 Å². The highest BCUT2D eigenvalue weighted by Gasteiger charge is 2.39. The first-order valence-electron chi connectivity index (χ1n) is 10.0. The van der Waals surface area contributed by atoms with Gasteiger partial charge < -0.3 is 4.57 Å². The fourth-order valence-electron chi connectivity index (χ4n) is 4.07. The van der Waals surface area contributed by atoms with E-state index in [0.29, 0.717) is 0 Å².